The second kappa shape index (κ2) is 2.69. The number of allylic oxidation sites excluding steroid dienone is 4. The molecule has 1 aliphatic rings. The lowest BCUT2D eigenvalue weighted by atomic mass is 10.1. The van der Waals surface area contributed by atoms with Gasteiger partial charge in [-0.1, -0.05) is 29.8 Å². The van der Waals surface area contributed by atoms with E-state index in [0.29, 0.717) is 10.7 Å². The fourth-order valence-electron chi connectivity index (χ4n) is 1.37. The summed E-state index contributed by atoms with van der Waals surface area (Å²) in [6.45, 7) is 0. The van der Waals surface area contributed by atoms with Crippen LogP contribution in [0.1, 0.15) is 5.82 Å². The van der Waals surface area contributed by atoms with E-state index in [-0.39, 0.29) is 0 Å². The number of hydrogen-bond acceptors (Lipinski definition) is 2. The maximum atomic E-state index is 5.99. The molecule has 0 fully saturated rings. The van der Waals surface area contributed by atoms with Crippen LogP contribution < -0.4 is 0 Å². The summed E-state index contributed by atoms with van der Waals surface area (Å²) < 4.78 is 0. The van der Waals surface area contributed by atoms with Gasteiger partial charge >= 0.3 is 0 Å². The molecule has 2 aromatic heterocycles. The Hall–Kier alpha value is -1.61. The SMILES string of the molecule is Clc1ccnc2nc(C3=CC=C3)[nH]c12. The Bertz CT molecular complexity index is 566. The fraction of sp³-hybridized carbons (Fsp3) is 0. The second-order valence-electron chi connectivity index (χ2n) is 3.06. The van der Waals surface area contributed by atoms with Gasteiger partial charge in [-0.05, 0) is 6.07 Å². The first-order chi connectivity index (χ1) is 6.84. The molecule has 0 spiro atoms. The Balaban J connectivity index is 2.25. The van der Waals surface area contributed by atoms with Crippen molar-refractivity contribution in [2.75, 3.05) is 0 Å². The number of pyridine rings is 1. The Morgan fingerprint density at radius 1 is 1.36 bits per heavy atom. The van der Waals surface area contributed by atoms with E-state index in [1.165, 1.54) is 0 Å². The van der Waals surface area contributed by atoms with Gasteiger partial charge in [0.15, 0.2) is 5.65 Å². The van der Waals surface area contributed by atoms with Gasteiger partial charge in [0.05, 0.1) is 5.02 Å². The molecule has 0 amide bonds. The van der Waals surface area contributed by atoms with Crippen LogP contribution in [0, 0.1) is 0 Å². The molecule has 0 saturated carbocycles. The zero-order valence-corrected chi connectivity index (χ0v) is 7.92. The maximum Gasteiger partial charge on any atom is 0.179 e. The molecule has 3 nitrogen and oxygen atoms in total. The number of fused-ring (bicyclic) bond motifs is 1. The number of nitrogens with zero attached hydrogens (tertiary/aromatic N) is 2. The van der Waals surface area contributed by atoms with Crippen molar-refractivity contribution in [3.8, 4) is 0 Å². The van der Waals surface area contributed by atoms with Gasteiger partial charge in [-0.2, -0.15) is 0 Å². The van der Waals surface area contributed by atoms with Gasteiger partial charge in [0, 0.05) is 11.8 Å². The highest BCUT2D eigenvalue weighted by molar-refractivity contribution is 6.34. The molecule has 0 atom stereocenters. The van der Waals surface area contributed by atoms with Crippen molar-refractivity contribution in [2.45, 2.75) is 0 Å². The lowest BCUT2D eigenvalue weighted by Crippen LogP contribution is -1.87. The van der Waals surface area contributed by atoms with Crippen molar-refractivity contribution in [3.05, 3.63) is 41.3 Å². The number of halogens is 1. The predicted molar refractivity (Wildman–Crippen MR) is 56.0 cm³/mol. The number of H-pyrrole nitrogens is 1. The van der Waals surface area contributed by atoms with Crippen molar-refractivity contribution >= 4 is 28.3 Å². The molecule has 1 aliphatic carbocycles. The van der Waals surface area contributed by atoms with Gasteiger partial charge in [0.25, 0.3) is 0 Å². The van der Waals surface area contributed by atoms with Crippen molar-refractivity contribution in [1.82, 2.24) is 15.0 Å². The first-order valence-electron chi connectivity index (χ1n) is 4.23. The average Bonchev–Trinajstić information content (AvgIpc) is 2.46. The summed E-state index contributed by atoms with van der Waals surface area (Å²) in [6, 6.07) is 1.75. The van der Waals surface area contributed by atoms with E-state index in [1.807, 2.05) is 18.2 Å². The highest BCUT2D eigenvalue weighted by Gasteiger charge is 2.10. The summed E-state index contributed by atoms with van der Waals surface area (Å²) in [6.07, 6.45) is 7.61. The molecule has 4 heteroatoms. The molecule has 68 valence electrons. The quantitative estimate of drug-likeness (QED) is 0.774. The van der Waals surface area contributed by atoms with Gasteiger partial charge in [-0.15, -0.1) is 0 Å². The molecule has 2 aromatic rings. The van der Waals surface area contributed by atoms with E-state index in [1.54, 1.807) is 12.3 Å². The van der Waals surface area contributed by atoms with Crippen molar-refractivity contribution in [3.63, 3.8) is 0 Å². The standard InChI is InChI=1S/C10H6ClN3/c11-7-4-5-12-10-8(7)13-9(14-10)6-2-1-3-6/h1-5H,(H,12,13,14). The van der Waals surface area contributed by atoms with Gasteiger partial charge in [0.2, 0.25) is 0 Å². The highest BCUT2D eigenvalue weighted by Crippen LogP contribution is 2.24. The van der Waals surface area contributed by atoms with Crippen LogP contribution in [-0.4, -0.2) is 15.0 Å². The summed E-state index contributed by atoms with van der Waals surface area (Å²) in [5, 5.41) is 0.651. The molecular weight excluding hydrogens is 198 g/mol. The van der Waals surface area contributed by atoms with E-state index >= 15 is 0 Å². The monoisotopic (exact) mass is 203 g/mol. The fourth-order valence-corrected chi connectivity index (χ4v) is 1.56. The van der Waals surface area contributed by atoms with E-state index in [0.717, 1.165) is 16.9 Å². The topological polar surface area (TPSA) is 41.6 Å². The van der Waals surface area contributed by atoms with E-state index < -0.39 is 0 Å². The predicted octanol–water partition coefficient (Wildman–Crippen LogP) is 2.56. The number of hydrogen-bond donors (Lipinski definition) is 1. The summed E-state index contributed by atoms with van der Waals surface area (Å²) in [5.74, 6) is 0.822. The third kappa shape index (κ3) is 0.992. The molecule has 0 saturated heterocycles. The minimum absolute atomic E-state index is 0.651. The van der Waals surface area contributed by atoms with Gasteiger partial charge in [-0.3, -0.25) is 0 Å². The average molecular weight is 204 g/mol. The summed E-state index contributed by atoms with van der Waals surface area (Å²) >= 11 is 5.99. The van der Waals surface area contributed by atoms with E-state index in [9.17, 15) is 0 Å². The van der Waals surface area contributed by atoms with Crippen molar-refractivity contribution < 1.29 is 0 Å². The van der Waals surface area contributed by atoms with Crippen LogP contribution >= 0.6 is 11.6 Å². The first-order valence-corrected chi connectivity index (χ1v) is 4.61. The van der Waals surface area contributed by atoms with Crippen LogP contribution in [0.3, 0.4) is 0 Å². The summed E-state index contributed by atoms with van der Waals surface area (Å²) in [7, 11) is 0. The number of rotatable bonds is 1. The zero-order valence-electron chi connectivity index (χ0n) is 7.16. The minimum atomic E-state index is 0.651. The van der Waals surface area contributed by atoms with Gasteiger partial charge < -0.3 is 4.98 Å². The van der Waals surface area contributed by atoms with E-state index in [4.69, 9.17) is 11.6 Å². The maximum absolute atomic E-state index is 5.99. The van der Waals surface area contributed by atoms with Gasteiger partial charge in [-0.25, -0.2) is 9.97 Å². The van der Waals surface area contributed by atoms with Crippen LogP contribution in [0.2, 0.25) is 5.02 Å². The molecular formula is C10H6ClN3. The molecule has 0 unspecified atom stereocenters. The minimum Gasteiger partial charge on any atom is -0.335 e. The second-order valence-corrected chi connectivity index (χ2v) is 3.47. The molecule has 2 heterocycles. The number of aromatic nitrogens is 3. The van der Waals surface area contributed by atoms with Crippen LogP contribution in [0.4, 0.5) is 0 Å². The van der Waals surface area contributed by atoms with Crippen molar-refractivity contribution in [2.24, 2.45) is 0 Å². The molecule has 0 radical (unpaired) electrons. The Morgan fingerprint density at radius 3 is 2.86 bits per heavy atom. The molecule has 14 heavy (non-hydrogen) atoms. The Kier molecular flexibility index (Phi) is 1.49. The molecule has 3 rings (SSSR count). The number of nitrogens with one attached hydrogen (secondary N) is 1. The smallest absolute Gasteiger partial charge is 0.179 e. The molecule has 0 bridgehead atoms. The number of aromatic amines is 1. The van der Waals surface area contributed by atoms with Gasteiger partial charge in [0.1, 0.15) is 11.3 Å². The van der Waals surface area contributed by atoms with Crippen LogP contribution in [0.15, 0.2) is 30.5 Å². The van der Waals surface area contributed by atoms with E-state index in [2.05, 4.69) is 15.0 Å². The van der Waals surface area contributed by atoms with Crippen molar-refractivity contribution in [1.29, 1.82) is 0 Å². The Morgan fingerprint density at radius 2 is 2.21 bits per heavy atom. The lowest BCUT2D eigenvalue weighted by molar-refractivity contribution is 1.24. The largest absolute Gasteiger partial charge is 0.335 e. The molecule has 1 N–H and O–H groups in total. The normalized spacial score (nSPS) is 14.2. The lowest BCUT2D eigenvalue weighted by Gasteiger charge is -2.01. The highest BCUT2D eigenvalue weighted by atomic mass is 35.5. The van der Waals surface area contributed by atoms with Crippen LogP contribution in [-0.2, 0) is 0 Å². The van der Waals surface area contributed by atoms with Crippen LogP contribution in [0.5, 0.6) is 0 Å². The van der Waals surface area contributed by atoms with Crippen LogP contribution in [0.25, 0.3) is 16.7 Å². The summed E-state index contributed by atoms with van der Waals surface area (Å²) in [4.78, 5) is 11.6. The third-order valence-electron chi connectivity index (χ3n) is 2.17. The Labute approximate surface area is 85.1 Å². The molecule has 0 aromatic carbocycles. The molecule has 0 aliphatic heterocycles. The summed E-state index contributed by atoms with van der Waals surface area (Å²) in [5.41, 5.74) is 2.54. The zero-order chi connectivity index (χ0) is 9.54. The third-order valence-corrected chi connectivity index (χ3v) is 2.48. The number of imidazole rings is 1. The first kappa shape index (κ1) is 7.76.